The normalized spacial score (nSPS) is 2.55. The second-order valence-electron chi connectivity index (χ2n) is 0.0816. The number of carbonyl (C=O) groups is 1. The molecule has 0 aliphatic rings. The summed E-state index contributed by atoms with van der Waals surface area (Å²) in [7, 11) is 0. The van der Waals surface area contributed by atoms with Crippen LogP contribution >= 0.6 is 12.3 Å². The van der Waals surface area contributed by atoms with Crippen LogP contribution in [0.4, 0.5) is 0 Å². The van der Waals surface area contributed by atoms with Crippen molar-refractivity contribution in [1.82, 2.24) is 0 Å². The van der Waals surface area contributed by atoms with Crippen molar-refractivity contribution in [3.8, 4) is 0 Å². The Bertz CT molecular complexity index is 22.4. The van der Waals surface area contributed by atoms with E-state index in [1.807, 2.05) is 6.79 Å². The second-order valence-corrected chi connectivity index (χ2v) is 0.245. The first-order chi connectivity index (χ1) is 3.41. The topological polar surface area (TPSA) is 161 Å². The van der Waals surface area contributed by atoms with Crippen molar-refractivity contribution in [2.45, 2.75) is 0 Å². The van der Waals surface area contributed by atoms with E-state index in [9.17, 15) is 0 Å². The molecule has 0 unspecified atom stereocenters. The molecule has 0 fully saturated rings. The van der Waals surface area contributed by atoms with E-state index in [1.165, 1.54) is 0 Å². The van der Waals surface area contributed by atoms with E-state index in [-0.39, 0.29) is 69.9 Å². The Labute approximate surface area is 101 Å². The fraction of sp³-hybridized carbons (Fsp3) is 0. The van der Waals surface area contributed by atoms with Crippen LogP contribution in [0.2, 0.25) is 0 Å². The van der Waals surface area contributed by atoms with Gasteiger partial charge in [-0.05, 0) is 0 Å². The van der Waals surface area contributed by atoms with Gasteiger partial charge in [0.05, 0.1) is 0 Å². The monoisotopic (exact) mass is 246 g/mol. The Morgan fingerprint density at radius 1 is 1.00 bits per heavy atom. The van der Waals surface area contributed by atoms with Gasteiger partial charge >= 0.3 is 29.6 Å². The summed E-state index contributed by atoms with van der Waals surface area (Å²) < 4.78 is 14.1. The average molecular weight is 246 g/mol. The third-order valence-electron chi connectivity index (χ3n) is 0. The van der Waals surface area contributed by atoms with Crippen LogP contribution in [0.25, 0.3) is 0 Å². The molecular formula is CH11FeNaO7S. The van der Waals surface area contributed by atoms with Gasteiger partial charge in [0.2, 0.25) is 0 Å². The summed E-state index contributed by atoms with van der Waals surface area (Å²) in [5.74, 6) is 0. The number of rotatable bonds is 0. The Kier molecular flexibility index (Phi) is 1150. The molecule has 0 aromatic carbocycles. The maximum atomic E-state index is 8.00. The molecular weight excluding hydrogens is 235 g/mol. The molecule has 0 spiro atoms. The van der Waals surface area contributed by atoms with Crippen molar-refractivity contribution in [2.75, 3.05) is 0 Å². The van der Waals surface area contributed by atoms with Crippen LogP contribution < -0.4 is 0 Å². The zero-order valence-electron chi connectivity index (χ0n) is 4.67. The second kappa shape index (κ2) is 227. The Balaban J connectivity index is -0.00000000378. The number of carbonyl (C=O) groups excluding carboxylic acids is 1. The summed E-state index contributed by atoms with van der Waals surface area (Å²) in [5.41, 5.74) is 0. The molecule has 0 aromatic heterocycles. The zero-order valence-corrected chi connectivity index (χ0v) is 6.59. The molecule has 0 bridgehead atoms. The number of hydrogen-bond acceptors (Lipinski definition) is 6. The predicted molar refractivity (Wildman–Crippen MR) is 39.6 cm³/mol. The summed E-state index contributed by atoms with van der Waals surface area (Å²) >= 11 is -0.250. The van der Waals surface area contributed by atoms with Crippen LogP contribution in [0.1, 0.15) is 0 Å². The fourth-order valence-electron chi connectivity index (χ4n) is 0. The quantitative estimate of drug-likeness (QED) is 0.170. The van der Waals surface area contributed by atoms with E-state index in [1.54, 1.807) is 0 Å². The first-order valence-electron chi connectivity index (χ1n) is 0.854. The van der Waals surface area contributed by atoms with Gasteiger partial charge in [-0.3, -0.25) is 10.5 Å². The maximum absolute atomic E-state index is 8.00. The molecule has 0 aliphatic carbocycles. The Morgan fingerprint density at radius 2 is 1.00 bits per heavy atom. The fourth-order valence-corrected chi connectivity index (χ4v) is 0. The molecule has 0 radical (unpaired) electrons. The molecule has 0 atom stereocenters. The summed E-state index contributed by atoms with van der Waals surface area (Å²) in [6, 6.07) is 0. The molecule has 0 heterocycles. The minimum absolute atomic E-state index is 0. The summed E-state index contributed by atoms with van der Waals surface area (Å²) in [4.78, 5) is 8.00. The zero-order chi connectivity index (χ0) is 6.71. The van der Waals surface area contributed by atoms with E-state index < -0.39 is 0 Å². The third-order valence-corrected chi connectivity index (χ3v) is 0. The molecule has 0 amide bonds. The van der Waals surface area contributed by atoms with Crippen LogP contribution in [0.5, 0.6) is 0 Å². The summed E-state index contributed by atoms with van der Waals surface area (Å²) in [6.07, 6.45) is 0. The van der Waals surface area contributed by atoms with Gasteiger partial charge in [0.15, 0.2) is 12.3 Å². The molecule has 10 heteroatoms. The van der Waals surface area contributed by atoms with Crippen molar-refractivity contribution in [3.05, 3.63) is 0 Å². The summed E-state index contributed by atoms with van der Waals surface area (Å²) in [6.45, 7) is 2.00. The molecule has 7 nitrogen and oxygen atoms in total. The summed E-state index contributed by atoms with van der Waals surface area (Å²) in [5, 5.41) is 12.0. The number of hydrogen-bond donors (Lipinski definition) is 4. The van der Waals surface area contributed by atoms with Crippen LogP contribution in [-0.4, -0.2) is 66.9 Å². The third kappa shape index (κ3) is 579. The molecule has 11 heavy (non-hydrogen) atoms. The molecule has 0 aliphatic heterocycles. The van der Waals surface area contributed by atoms with Crippen molar-refractivity contribution < 1.29 is 52.4 Å². The standard InChI is InChI=1S/CH2O.Fe.Na.H2O2S.H2O2.2H2O.H/c1-2;;;1-3-2;1-2;;;/h1H2;;;1-2H;1-2H;2*1H2;. The van der Waals surface area contributed by atoms with Gasteiger partial charge in [-0.2, -0.15) is 0 Å². The van der Waals surface area contributed by atoms with Crippen LogP contribution in [0.15, 0.2) is 0 Å². The van der Waals surface area contributed by atoms with Crippen molar-refractivity contribution >= 4 is 48.7 Å². The van der Waals surface area contributed by atoms with E-state index >= 15 is 0 Å². The van der Waals surface area contributed by atoms with Gasteiger partial charge in [0.1, 0.15) is 6.79 Å². The van der Waals surface area contributed by atoms with E-state index in [0.29, 0.717) is 0 Å². The van der Waals surface area contributed by atoms with Crippen LogP contribution in [0, 0.1) is 0 Å². The molecule has 8 N–H and O–H groups in total. The van der Waals surface area contributed by atoms with Gasteiger partial charge in [0.25, 0.3) is 0 Å². The van der Waals surface area contributed by atoms with Crippen molar-refractivity contribution in [3.63, 3.8) is 0 Å². The minimum atomic E-state index is -0.250. The van der Waals surface area contributed by atoms with Crippen LogP contribution in [0.3, 0.4) is 0 Å². The molecule has 0 saturated heterocycles. The van der Waals surface area contributed by atoms with E-state index in [4.69, 9.17) is 24.4 Å². The van der Waals surface area contributed by atoms with Gasteiger partial charge < -0.3 is 24.9 Å². The molecule has 0 rings (SSSR count). The van der Waals surface area contributed by atoms with Gasteiger partial charge in [-0.1, -0.05) is 0 Å². The van der Waals surface area contributed by atoms with Crippen LogP contribution in [-0.2, 0) is 21.9 Å². The predicted octanol–water partition coefficient (Wildman–Crippen LogP) is -1.80. The van der Waals surface area contributed by atoms with Gasteiger partial charge in [-0.15, -0.1) is 0 Å². The Hall–Kier alpha value is 1.30. The molecule has 0 aromatic rings. The van der Waals surface area contributed by atoms with E-state index in [2.05, 4.69) is 0 Å². The Morgan fingerprint density at radius 3 is 1.00 bits per heavy atom. The average Bonchev–Trinajstić information content (AvgIpc) is 1.78. The molecule has 72 valence electrons. The van der Waals surface area contributed by atoms with Gasteiger partial charge in [-0.25, -0.2) is 0 Å². The SMILES string of the molecule is C=O.O.O.OO.OSO.[Fe].[NaH]. The first kappa shape index (κ1) is 55.9. The van der Waals surface area contributed by atoms with Crippen molar-refractivity contribution in [2.24, 2.45) is 0 Å². The van der Waals surface area contributed by atoms with E-state index in [0.717, 1.165) is 0 Å². The first-order valence-corrected chi connectivity index (χ1v) is 1.58. The van der Waals surface area contributed by atoms with Crippen molar-refractivity contribution in [1.29, 1.82) is 0 Å². The van der Waals surface area contributed by atoms with Gasteiger partial charge in [0, 0.05) is 17.1 Å². The molecule has 0 saturated carbocycles.